The second kappa shape index (κ2) is 6.72. The van der Waals surface area contributed by atoms with E-state index in [1.54, 1.807) is 10.4 Å². The van der Waals surface area contributed by atoms with Crippen LogP contribution in [0.3, 0.4) is 0 Å². The number of aromatic nitrogens is 1. The van der Waals surface area contributed by atoms with Crippen LogP contribution in [0.15, 0.2) is 48.5 Å². The highest BCUT2D eigenvalue weighted by atomic mass is 35.5. The first-order valence-corrected chi connectivity index (χ1v) is 10.7. The molecule has 1 nitrogen and oxygen atoms in total. The Hall–Kier alpha value is -2.16. The van der Waals surface area contributed by atoms with Gasteiger partial charge in [0.2, 0.25) is 0 Å². The number of hydrogen-bond donors (Lipinski definition) is 0. The summed E-state index contributed by atoms with van der Waals surface area (Å²) in [4.78, 5) is 8.03. The smallest absolute Gasteiger partial charge is 0.124 e. The number of halogens is 1. The van der Waals surface area contributed by atoms with Gasteiger partial charge in [-0.2, -0.15) is 0 Å². The van der Waals surface area contributed by atoms with Crippen LogP contribution in [0, 0.1) is 6.92 Å². The molecule has 4 aromatic rings. The minimum absolute atomic E-state index is 0. The Morgan fingerprint density at radius 3 is 2.54 bits per heavy atom. The van der Waals surface area contributed by atoms with Crippen LogP contribution in [0.2, 0.25) is 0 Å². The number of hydrogen-bond acceptors (Lipinski definition) is 2. The van der Waals surface area contributed by atoms with E-state index >= 15 is 0 Å². The maximum absolute atomic E-state index is 5.20. The summed E-state index contributed by atoms with van der Waals surface area (Å²) in [7, 11) is 0. The molecule has 2 aliphatic rings. The number of rotatable bonds is 1. The Balaban J connectivity index is 0.00000171. The van der Waals surface area contributed by atoms with E-state index < -0.39 is 0 Å². The monoisotopic (exact) mass is 403 g/mol. The van der Waals surface area contributed by atoms with Gasteiger partial charge in [0.05, 0.1) is 5.69 Å². The van der Waals surface area contributed by atoms with E-state index in [1.807, 2.05) is 11.3 Å². The fraction of sp³-hybridized carbons (Fsp3) is 0.240. The molecule has 0 spiro atoms. The molecule has 0 radical (unpaired) electrons. The fourth-order valence-corrected chi connectivity index (χ4v) is 6.15. The van der Waals surface area contributed by atoms with Crippen molar-refractivity contribution in [1.82, 2.24) is 4.98 Å². The Bertz CT molecular complexity index is 1200. The molecular weight excluding hydrogens is 382 g/mol. The molecule has 2 aromatic carbocycles. The first kappa shape index (κ1) is 17.9. The molecule has 28 heavy (non-hydrogen) atoms. The predicted octanol–water partition coefficient (Wildman–Crippen LogP) is 7.14. The summed E-state index contributed by atoms with van der Waals surface area (Å²) in [5.41, 5.74) is 11.1. The van der Waals surface area contributed by atoms with E-state index in [9.17, 15) is 0 Å². The van der Waals surface area contributed by atoms with Crippen LogP contribution in [0.5, 0.6) is 0 Å². The number of benzene rings is 2. The minimum Gasteiger partial charge on any atom is -0.241 e. The zero-order chi connectivity index (χ0) is 18.0. The molecule has 0 amide bonds. The second-order valence-corrected chi connectivity index (χ2v) is 8.98. The molecule has 140 valence electrons. The molecule has 0 bridgehead atoms. The molecule has 0 saturated heterocycles. The van der Waals surface area contributed by atoms with Crippen molar-refractivity contribution in [2.45, 2.75) is 39.0 Å². The maximum Gasteiger partial charge on any atom is 0.124 e. The molecule has 0 unspecified atom stereocenters. The van der Waals surface area contributed by atoms with Crippen LogP contribution in [0.25, 0.3) is 32.5 Å². The Morgan fingerprint density at radius 2 is 1.68 bits per heavy atom. The lowest BCUT2D eigenvalue weighted by molar-refractivity contribution is 0.700. The quantitative estimate of drug-likeness (QED) is 0.289. The molecule has 2 aliphatic carbocycles. The molecule has 2 heterocycles. The first-order valence-electron chi connectivity index (χ1n) is 9.92. The normalized spacial score (nSPS) is 14.3. The van der Waals surface area contributed by atoms with Crippen molar-refractivity contribution in [3.05, 3.63) is 75.8 Å². The molecule has 2 aromatic heterocycles. The van der Waals surface area contributed by atoms with Crippen LogP contribution >= 0.6 is 23.7 Å². The number of thiophene rings is 1. The third-order valence-electron chi connectivity index (χ3n) is 6.16. The molecule has 0 N–H and O–H groups in total. The maximum atomic E-state index is 5.20. The van der Waals surface area contributed by atoms with Gasteiger partial charge in [0.1, 0.15) is 4.83 Å². The van der Waals surface area contributed by atoms with Crippen molar-refractivity contribution in [1.29, 1.82) is 0 Å². The van der Waals surface area contributed by atoms with E-state index in [0.29, 0.717) is 0 Å². The van der Waals surface area contributed by atoms with Crippen LogP contribution < -0.4 is 0 Å². The number of fused-ring (bicyclic) bond motifs is 6. The summed E-state index contributed by atoms with van der Waals surface area (Å²) in [5.74, 6) is 0. The summed E-state index contributed by atoms with van der Waals surface area (Å²) < 4.78 is 0. The summed E-state index contributed by atoms with van der Waals surface area (Å²) in [6.45, 7) is 2.16. The molecule has 0 saturated carbocycles. The van der Waals surface area contributed by atoms with Gasteiger partial charge in [0.15, 0.2) is 0 Å². The van der Waals surface area contributed by atoms with Gasteiger partial charge < -0.3 is 0 Å². The lowest BCUT2D eigenvalue weighted by atomic mass is 9.88. The third kappa shape index (κ3) is 2.55. The standard InChI is InChI=1S/C25H21NS.ClH/c1-15-10-12-16(13-11-15)22-23-18-7-3-2-6-17(18)14-20(23)26-25-24(22)19-8-4-5-9-21(19)27-25;/h2-3,6-7,10-13H,4-5,8-9,14H2,1H3;1H. The highest BCUT2D eigenvalue weighted by molar-refractivity contribution is 7.19. The lowest BCUT2D eigenvalue weighted by Crippen LogP contribution is -1.99. The molecule has 0 atom stereocenters. The van der Waals surface area contributed by atoms with Crippen LogP contribution in [-0.2, 0) is 19.3 Å². The Morgan fingerprint density at radius 1 is 0.893 bits per heavy atom. The molecular formula is C25H22ClNS. The number of nitrogens with zero attached hydrogens (tertiary/aromatic N) is 1. The SMILES string of the molecule is Cc1ccc(-c2c3c(nc4sc5c(c24)CCCC5)Cc2ccccc2-3)cc1.Cl. The molecule has 0 aliphatic heterocycles. The average Bonchev–Trinajstić information content (AvgIpc) is 3.24. The number of pyridine rings is 1. The summed E-state index contributed by atoms with van der Waals surface area (Å²) >= 11 is 1.95. The van der Waals surface area contributed by atoms with Crippen LogP contribution in [0.1, 0.15) is 40.1 Å². The van der Waals surface area contributed by atoms with Gasteiger partial charge in [-0.25, -0.2) is 4.98 Å². The van der Waals surface area contributed by atoms with Gasteiger partial charge in [-0.15, -0.1) is 23.7 Å². The Labute approximate surface area is 175 Å². The Kier molecular flexibility index (Phi) is 4.30. The number of aryl methyl sites for hydroxylation is 3. The fourth-order valence-electron chi connectivity index (χ4n) is 4.86. The van der Waals surface area contributed by atoms with Gasteiger partial charge in [0.25, 0.3) is 0 Å². The lowest BCUT2D eigenvalue weighted by Gasteiger charge is -2.16. The highest BCUT2D eigenvalue weighted by Gasteiger charge is 2.29. The van der Waals surface area contributed by atoms with E-state index in [1.165, 1.54) is 75.0 Å². The summed E-state index contributed by atoms with van der Waals surface area (Å²) in [5, 5.41) is 1.44. The van der Waals surface area contributed by atoms with Crippen molar-refractivity contribution in [2.75, 3.05) is 0 Å². The van der Waals surface area contributed by atoms with Gasteiger partial charge in [-0.1, -0.05) is 54.1 Å². The molecule has 6 rings (SSSR count). The van der Waals surface area contributed by atoms with Crippen LogP contribution in [0.4, 0.5) is 0 Å². The first-order chi connectivity index (χ1) is 13.3. The average molecular weight is 404 g/mol. The predicted molar refractivity (Wildman–Crippen MR) is 122 cm³/mol. The van der Waals surface area contributed by atoms with Gasteiger partial charge in [0, 0.05) is 27.8 Å². The zero-order valence-electron chi connectivity index (χ0n) is 15.9. The van der Waals surface area contributed by atoms with Gasteiger partial charge >= 0.3 is 0 Å². The topological polar surface area (TPSA) is 12.9 Å². The van der Waals surface area contributed by atoms with Crippen molar-refractivity contribution >= 4 is 34.0 Å². The van der Waals surface area contributed by atoms with E-state index in [-0.39, 0.29) is 12.4 Å². The second-order valence-electron chi connectivity index (χ2n) is 7.90. The largest absolute Gasteiger partial charge is 0.241 e. The highest BCUT2D eigenvalue weighted by Crippen LogP contribution is 2.49. The minimum atomic E-state index is 0. The summed E-state index contributed by atoms with van der Waals surface area (Å²) in [6, 6.07) is 18.0. The van der Waals surface area contributed by atoms with Crippen molar-refractivity contribution in [3.8, 4) is 22.3 Å². The van der Waals surface area contributed by atoms with Gasteiger partial charge in [-0.05, 0) is 54.9 Å². The van der Waals surface area contributed by atoms with E-state index in [0.717, 1.165) is 6.42 Å². The molecule has 0 fully saturated rings. The molecule has 3 heteroatoms. The third-order valence-corrected chi connectivity index (χ3v) is 7.35. The van der Waals surface area contributed by atoms with Crippen molar-refractivity contribution in [2.24, 2.45) is 0 Å². The zero-order valence-corrected chi connectivity index (χ0v) is 17.6. The van der Waals surface area contributed by atoms with Crippen molar-refractivity contribution < 1.29 is 0 Å². The van der Waals surface area contributed by atoms with Crippen LogP contribution in [-0.4, -0.2) is 4.98 Å². The van der Waals surface area contributed by atoms with E-state index in [4.69, 9.17) is 4.98 Å². The summed E-state index contributed by atoms with van der Waals surface area (Å²) in [6.07, 6.45) is 6.02. The van der Waals surface area contributed by atoms with E-state index in [2.05, 4.69) is 55.5 Å². The van der Waals surface area contributed by atoms with Gasteiger partial charge in [-0.3, -0.25) is 0 Å². The van der Waals surface area contributed by atoms with Crippen molar-refractivity contribution in [3.63, 3.8) is 0 Å².